The summed E-state index contributed by atoms with van der Waals surface area (Å²) >= 11 is 2.21. The molecule has 0 heterocycles. The highest BCUT2D eigenvalue weighted by molar-refractivity contribution is 14.1. The van der Waals surface area contributed by atoms with Gasteiger partial charge in [0, 0.05) is 13.1 Å². The van der Waals surface area contributed by atoms with Gasteiger partial charge in [-0.05, 0) is 48.6 Å². The van der Waals surface area contributed by atoms with Crippen molar-refractivity contribution in [2.75, 3.05) is 13.1 Å². The van der Waals surface area contributed by atoms with Gasteiger partial charge in [-0.15, -0.1) is 0 Å². The lowest BCUT2D eigenvalue weighted by Gasteiger charge is -2.18. The van der Waals surface area contributed by atoms with Gasteiger partial charge in [-0.25, -0.2) is 0 Å². The summed E-state index contributed by atoms with van der Waals surface area (Å²) in [6.45, 7) is 4.85. The fraction of sp³-hybridized carbons (Fsp3) is 0.500. The van der Waals surface area contributed by atoms with Crippen molar-refractivity contribution in [2.24, 2.45) is 11.5 Å². The smallest absolute Gasteiger partial charge is 0.136 e. The summed E-state index contributed by atoms with van der Waals surface area (Å²) in [4.78, 5) is 0. The SMILES string of the molecule is C[C@@H](CN)Oc1cccc(O[C@@H](C)CN)c1I. The maximum atomic E-state index is 5.71. The normalized spacial score (nSPS) is 14.2. The molecular formula is C12H19IN2O2. The van der Waals surface area contributed by atoms with Crippen LogP contribution in [0.4, 0.5) is 0 Å². The van der Waals surface area contributed by atoms with E-state index < -0.39 is 0 Å². The minimum absolute atomic E-state index is 0.00861. The summed E-state index contributed by atoms with van der Waals surface area (Å²) in [5.41, 5.74) is 11.1. The van der Waals surface area contributed by atoms with Crippen molar-refractivity contribution in [1.29, 1.82) is 0 Å². The number of benzene rings is 1. The van der Waals surface area contributed by atoms with Crippen LogP contribution in [0.3, 0.4) is 0 Å². The van der Waals surface area contributed by atoms with Gasteiger partial charge in [-0.1, -0.05) is 6.07 Å². The Balaban J connectivity index is 2.83. The molecular weight excluding hydrogens is 331 g/mol. The molecule has 0 amide bonds. The summed E-state index contributed by atoms with van der Waals surface area (Å²) in [5, 5.41) is 0. The molecule has 0 radical (unpaired) electrons. The standard InChI is InChI=1S/C12H19IN2O2/c1-8(6-14)16-10-4-3-5-11(12(10)13)17-9(2)7-15/h3-5,8-9H,6-7,14-15H2,1-2H3/t8-,9-/m0/s1. The molecule has 1 aromatic rings. The van der Waals surface area contributed by atoms with E-state index in [1.54, 1.807) is 0 Å². The Morgan fingerprint density at radius 1 is 1.06 bits per heavy atom. The lowest BCUT2D eigenvalue weighted by molar-refractivity contribution is 0.214. The summed E-state index contributed by atoms with van der Waals surface area (Å²) in [6, 6.07) is 5.72. The van der Waals surface area contributed by atoms with Crippen LogP contribution in [0.25, 0.3) is 0 Å². The highest BCUT2D eigenvalue weighted by Crippen LogP contribution is 2.31. The van der Waals surface area contributed by atoms with E-state index in [-0.39, 0.29) is 12.2 Å². The van der Waals surface area contributed by atoms with Crippen molar-refractivity contribution in [1.82, 2.24) is 0 Å². The Labute approximate surface area is 116 Å². The van der Waals surface area contributed by atoms with Gasteiger partial charge in [-0.3, -0.25) is 0 Å². The molecule has 0 spiro atoms. The maximum absolute atomic E-state index is 5.71. The molecule has 5 heteroatoms. The largest absolute Gasteiger partial charge is 0.488 e. The Bertz CT molecular complexity index is 330. The van der Waals surface area contributed by atoms with E-state index in [2.05, 4.69) is 22.6 Å². The molecule has 0 aliphatic heterocycles. The first-order chi connectivity index (χ1) is 8.08. The molecule has 0 aliphatic carbocycles. The number of rotatable bonds is 6. The van der Waals surface area contributed by atoms with E-state index in [0.29, 0.717) is 13.1 Å². The summed E-state index contributed by atoms with van der Waals surface area (Å²) in [5.74, 6) is 1.59. The molecule has 0 fully saturated rings. The maximum Gasteiger partial charge on any atom is 0.136 e. The summed E-state index contributed by atoms with van der Waals surface area (Å²) in [6.07, 6.45) is -0.0172. The Morgan fingerprint density at radius 2 is 1.47 bits per heavy atom. The fourth-order valence-electron chi connectivity index (χ4n) is 1.20. The lowest BCUT2D eigenvalue weighted by Crippen LogP contribution is -2.24. The molecule has 0 saturated carbocycles. The number of nitrogens with two attached hydrogens (primary N) is 2. The number of ether oxygens (including phenoxy) is 2. The van der Waals surface area contributed by atoms with Gasteiger partial charge in [-0.2, -0.15) is 0 Å². The van der Waals surface area contributed by atoms with Gasteiger partial charge < -0.3 is 20.9 Å². The van der Waals surface area contributed by atoms with Crippen LogP contribution >= 0.6 is 22.6 Å². The molecule has 0 unspecified atom stereocenters. The first-order valence-electron chi connectivity index (χ1n) is 5.60. The predicted octanol–water partition coefficient (Wildman–Crippen LogP) is 1.74. The third-order valence-corrected chi connectivity index (χ3v) is 3.31. The van der Waals surface area contributed by atoms with Crippen molar-refractivity contribution >= 4 is 22.6 Å². The average Bonchev–Trinajstić information content (AvgIpc) is 2.33. The van der Waals surface area contributed by atoms with Gasteiger partial charge in [0.1, 0.15) is 23.7 Å². The van der Waals surface area contributed by atoms with E-state index in [1.165, 1.54) is 0 Å². The average molecular weight is 350 g/mol. The van der Waals surface area contributed by atoms with Crippen molar-refractivity contribution in [3.8, 4) is 11.5 Å². The van der Waals surface area contributed by atoms with Crippen molar-refractivity contribution in [2.45, 2.75) is 26.1 Å². The minimum Gasteiger partial charge on any atom is -0.488 e. The van der Waals surface area contributed by atoms with Crippen LogP contribution < -0.4 is 20.9 Å². The van der Waals surface area contributed by atoms with E-state index in [1.807, 2.05) is 32.0 Å². The van der Waals surface area contributed by atoms with Crippen LogP contribution in [0.15, 0.2) is 18.2 Å². The number of hydrogen-bond donors (Lipinski definition) is 2. The van der Waals surface area contributed by atoms with Crippen LogP contribution in [0.5, 0.6) is 11.5 Å². The minimum atomic E-state index is -0.00861. The molecule has 4 N–H and O–H groups in total. The summed E-state index contributed by atoms with van der Waals surface area (Å²) < 4.78 is 12.4. The van der Waals surface area contributed by atoms with E-state index in [0.717, 1.165) is 15.1 Å². The Kier molecular flexibility index (Phi) is 6.01. The molecule has 96 valence electrons. The van der Waals surface area contributed by atoms with E-state index in [4.69, 9.17) is 20.9 Å². The van der Waals surface area contributed by atoms with Crippen LogP contribution in [-0.2, 0) is 0 Å². The Morgan fingerprint density at radius 3 is 1.82 bits per heavy atom. The lowest BCUT2D eigenvalue weighted by atomic mass is 10.3. The molecule has 2 atom stereocenters. The van der Waals surface area contributed by atoms with Gasteiger partial charge in [0.05, 0.1) is 3.57 Å². The number of halogens is 1. The monoisotopic (exact) mass is 350 g/mol. The molecule has 1 aromatic carbocycles. The number of hydrogen-bond acceptors (Lipinski definition) is 4. The highest BCUT2D eigenvalue weighted by atomic mass is 127. The van der Waals surface area contributed by atoms with Gasteiger partial charge in [0.2, 0.25) is 0 Å². The van der Waals surface area contributed by atoms with Crippen LogP contribution in [0, 0.1) is 3.57 Å². The highest BCUT2D eigenvalue weighted by Gasteiger charge is 2.12. The van der Waals surface area contributed by atoms with Gasteiger partial charge >= 0.3 is 0 Å². The van der Waals surface area contributed by atoms with Crippen LogP contribution in [0.2, 0.25) is 0 Å². The third-order valence-electron chi connectivity index (χ3n) is 2.25. The molecule has 4 nitrogen and oxygen atoms in total. The third kappa shape index (κ3) is 4.33. The fourth-order valence-corrected chi connectivity index (χ4v) is 1.82. The zero-order valence-corrected chi connectivity index (χ0v) is 12.3. The second-order valence-electron chi connectivity index (χ2n) is 3.90. The molecule has 17 heavy (non-hydrogen) atoms. The van der Waals surface area contributed by atoms with Crippen molar-refractivity contribution in [3.05, 3.63) is 21.8 Å². The molecule has 1 rings (SSSR count). The first kappa shape index (κ1) is 14.5. The first-order valence-corrected chi connectivity index (χ1v) is 6.68. The molecule has 0 saturated heterocycles. The zero-order chi connectivity index (χ0) is 12.8. The van der Waals surface area contributed by atoms with Crippen LogP contribution in [0.1, 0.15) is 13.8 Å². The summed E-state index contributed by atoms with van der Waals surface area (Å²) in [7, 11) is 0. The molecule has 0 bridgehead atoms. The van der Waals surface area contributed by atoms with Crippen molar-refractivity contribution in [3.63, 3.8) is 0 Å². The topological polar surface area (TPSA) is 70.5 Å². The van der Waals surface area contributed by atoms with Gasteiger partial charge in [0.25, 0.3) is 0 Å². The Hall–Kier alpha value is -0.530. The van der Waals surface area contributed by atoms with Crippen LogP contribution in [-0.4, -0.2) is 25.3 Å². The molecule has 0 aromatic heterocycles. The van der Waals surface area contributed by atoms with E-state index >= 15 is 0 Å². The zero-order valence-electron chi connectivity index (χ0n) is 10.2. The van der Waals surface area contributed by atoms with Gasteiger partial charge in [0.15, 0.2) is 0 Å². The predicted molar refractivity (Wildman–Crippen MR) is 77.4 cm³/mol. The van der Waals surface area contributed by atoms with Crippen molar-refractivity contribution < 1.29 is 9.47 Å². The van der Waals surface area contributed by atoms with E-state index in [9.17, 15) is 0 Å². The quantitative estimate of drug-likeness (QED) is 0.767. The second kappa shape index (κ2) is 7.03. The second-order valence-corrected chi connectivity index (χ2v) is 4.98. The molecule has 0 aliphatic rings.